The molecule has 0 nitrogen and oxygen atoms in total. The summed E-state index contributed by atoms with van der Waals surface area (Å²) in [5.41, 5.74) is 3.45. The van der Waals surface area contributed by atoms with Gasteiger partial charge >= 0.3 is 0 Å². The van der Waals surface area contributed by atoms with Crippen molar-refractivity contribution in [1.29, 1.82) is 0 Å². The van der Waals surface area contributed by atoms with Crippen molar-refractivity contribution in [1.82, 2.24) is 0 Å². The molecule has 0 aliphatic heterocycles. The Morgan fingerprint density at radius 3 is 1.38 bits per heavy atom. The molecule has 92 valence electrons. The Bertz CT molecular complexity index is 244. The van der Waals surface area contributed by atoms with Gasteiger partial charge < -0.3 is 0 Å². The standard InChI is InChI=1S/C8H10.C6H12.C2H6/c1-7-3-5-8(2)6-4-7;1-3-6(2)4-5-6;1-2/h3-6H,1-2H3;3-5H2,1-2H3;1-2H3. The van der Waals surface area contributed by atoms with Gasteiger partial charge in [-0.1, -0.05) is 69.5 Å². The molecule has 16 heavy (non-hydrogen) atoms. The summed E-state index contributed by atoms with van der Waals surface area (Å²) < 4.78 is 0. The van der Waals surface area contributed by atoms with Gasteiger partial charge in [-0.25, -0.2) is 0 Å². The molecule has 1 fully saturated rings. The second-order valence-corrected chi connectivity index (χ2v) is 4.82. The zero-order chi connectivity index (χ0) is 12.6. The number of aryl methyl sites for hydroxylation is 2. The van der Waals surface area contributed by atoms with Gasteiger partial charge in [0.25, 0.3) is 0 Å². The van der Waals surface area contributed by atoms with Crippen molar-refractivity contribution in [3.63, 3.8) is 0 Å². The van der Waals surface area contributed by atoms with Gasteiger partial charge in [0.05, 0.1) is 0 Å². The monoisotopic (exact) mass is 220 g/mol. The second-order valence-electron chi connectivity index (χ2n) is 4.82. The maximum Gasteiger partial charge on any atom is -0.0328 e. The van der Waals surface area contributed by atoms with Crippen LogP contribution in [-0.4, -0.2) is 0 Å². The average molecular weight is 220 g/mol. The molecule has 0 atom stereocenters. The summed E-state index contributed by atoms with van der Waals surface area (Å²) in [6.07, 6.45) is 4.33. The predicted octanol–water partition coefficient (Wildman–Crippen LogP) is 5.53. The zero-order valence-electron chi connectivity index (χ0n) is 11.9. The number of hydrogen-bond donors (Lipinski definition) is 0. The molecule has 0 N–H and O–H groups in total. The number of rotatable bonds is 1. The summed E-state index contributed by atoms with van der Waals surface area (Å²) in [7, 11) is 0. The van der Waals surface area contributed by atoms with E-state index in [0.29, 0.717) is 0 Å². The fourth-order valence-electron chi connectivity index (χ4n) is 1.20. The minimum absolute atomic E-state index is 0.792. The van der Waals surface area contributed by atoms with Gasteiger partial charge in [-0.3, -0.25) is 0 Å². The Kier molecular flexibility index (Phi) is 7.12. The molecular weight excluding hydrogens is 192 g/mol. The first-order valence-electron chi connectivity index (χ1n) is 6.59. The third-order valence-electron chi connectivity index (χ3n) is 3.18. The highest BCUT2D eigenvalue weighted by Gasteiger charge is 2.34. The van der Waals surface area contributed by atoms with E-state index < -0.39 is 0 Å². The van der Waals surface area contributed by atoms with Crippen molar-refractivity contribution in [3.05, 3.63) is 35.4 Å². The van der Waals surface area contributed by atoms with Crippen LogP contribution in [0.5, 0.6) is 0 Å². The van der Waals surface area contributed by atoms with E-state index in [1.54, 1.807) is 0 Å². The Hall–Kier alpha value is -0.780. The quantitative estimate of drug-likeness (QED) is 0.584. The van der Waals surface area contributed by atoms with E-state index >= 15 is 0 Å². The smallest absolute Gasteiger partial charge is 0.0328 e. The molecular formula is C16H28. The number of hydrogen-bond acceptors (Lipinski definition) is 0. The molecule has 2 rings (SSSR count). The van der Waals surface area contributed by atoms with Crippen LogP contribution >= 0.6 is 0 Å². The first-order chi connectivity index (χ1) is 7.56. The molecule has 1 saturated carbocycles. The number of benzene rings is 1. The second kappa shape index (κ2) is 7.49. The van der Waals surface area contributed by atoms with E-state index in [-0.39, 0.29) is 0 Å². The van der Waals surface area contributed by atoms with Gasteiger partial charge in [0.2, 0.25) is 0 Å². The highest BCUT2D eigenvalue weighted by atomic mass is 14.4. The van der Waals surface area contributed by atoms with E-state index in [1.165, 1.54) is 30.4 Å². The summed E-state index contributed by atoms with van der Waals surface area (Å²) in [6.45, 7) is 12.8. The maximum atomic E-state index is 2.35. The minimum atomic E-state index is 0.792. The molecule has 1 aliphatic carbocycles. The molecule has 1 aromatic carbocycles. The topological polar surface area (TPSA) is 0 Å². The van der Waals surface area contributed by atoms with Crippen molar-refractivity contribution >= 4 is 0 Å². The summed E-state index contributed by atoms with van der Waals surface area (Å²) in [6, 6.07) is 8.48. The zero-order valence-corrected chi connectivity index (χ0v) is 11.9. The van der Waals surface area contributed by atoms with Crippen LogP contribution in [0.4, 0.5) is 0 Å². The fourth-order valence-corrected chi connectivity index (χ4v) is 1.20. The molecule has 0 spiro atoms. The van der Waals surface area contributed by atoms with Crippen molar-refractivity contribution in [2.45, 2.75) is 60.8 Å². The lowest BCUT2D eigenvalue weighted by atomic mass is 10.1. The molecule has 0 heterocycles. The van der Waals surface area contributed by atoms with Crippen LogP contribution in [0.2, 0.25) is 0 Å². The van der Waals surface area contributed by atoms with Crippen LogP contribution in [0.25, 0.3) is 0 Å². The molecule has 0 heteroatoms. The third-order valence-corrected chi connectivity index (χ3v) is 3.18. The van der Waals surface area contributed by atoms with Crippen molar-refractivity contribution in [2.75, 3.05) is 0 Å². The van der Waals surface area contributed by atoms with Crippen molar-refractivity contribution < 1.29 is 0 Å². The SMILES string of the molecule is CC.CCC1(C)CC1.Cc1ccc(C)cc1. The molecule has 0 radical (unpaired) electrons. The van der Waals surface area contributed by atoms with Crippen LogP contribution in [0.1, 0.15) is 58.1 Å². The molecule has 1 aromatic rings. The van der Waals surface area contributed by atoms with E-state index in [2.05, 4.69) is 52.0 Å². The Morgan fingerprint density at radius 2 is 1.25 bits per heavy atom. The van der Waals surface area contributed by atoms with Crippen LogP contribution < -0.4 is 0 Å². The molecule has 0 aromatic heterocycles. The van der Waals surface area contributed by atoms with Crippen LogP contribution in [0.3, 0.4) is 0 Å². The molecule has 0 bridgehead atoms. The lowest BCUT2D eigenvalue weighted by molar-refractivity contribution is 0.551. The van der Waals surface area contributed by atoms with Crippen LogP contribution in [0, 0.1) is 19.3 Å². The van der Waals surface area contributed by atoms with Crippen molar-refractivity contribution in [2.24, 2.45) is 5.41 Å². The van der Waals surface area contributed by atoms with Gasteiger partial charge in [0, 0.05) is 0 Å². The first-order valence-corrected chi connectivity index (χ1v) is 6.59. The van der Waals surface area contributed by atoms with E-state index in [0.717, 1.165) is 5.41 Å². The Morgan fingerprint density at radius 1 is 0.938 bits per heavy atom. The summed E-state index contributed by atoms with van der Waals surface area (Å²) >= 11 is 0. The van der Waals surface area contributed by atoms with Crippen LogP contribution in [-0.2, 0) is 0 Å². The fraction of sp³-hybridized carbons (Fsp3) is 0.625. The summed E-state index contributed by atoms with van der Waals surface area (Å²) in [5.74, 6) is 0. The first kappa shape index (κ1) is 15.2. The van der Waals surface area contributed by atoms with Crippen LogP contribution in [0.15, 0.2) is 24.3 Å². The summed E-state index contributed by atoms with van der Waals surface area (Å²) in [5, 5.41) is 0. The predicted molar refractivity (Wildman–Crippen MR) is 74.9 cm³/mol. The Labute approximate surface area is 102 Å². The minimum Gasteiger partial charge on any atom is -0.0683 e. The average Bonchev–Trinajstić information content (AvgIpc) is 3.06. The van der Waals surface area contributed by atoms with Gasteiger partial charge in [-0.05, 0) is 32.1 Å². The van der Waals surface area contributed by atoms with Gasteiger partial charge in [-0.15, -0.1) is 0 Å². The molecule has 1 aliphatic rings. The molecule has 0 saturated heterocycles. The summed E-state index contributed by atoms with van der Waals surface area (Å²) in [4.78, 5) is 0. The van der Waals surface area contributed by atoms with Gasteiger partial charge in [0.15, 0.2) is 0 Å². The van der Waals surface area contributed by atoms with E-state index in [9.17, 15) is 0 Å². The normalized spacial score (nSPS) is 15.1. The highest BCUT2D eigenvalue weighted by molar-refractivity contribution is 5.19. The Balaban J connectivity index is 0.000000251. The lowest BCUT2D eigenvalue weighted by Gasteiger charge is -1.96. The molecule has 0 unspecified atom stereocenters. The molecule has 0 amide bonds. The van der Waals surface area contributed by atoms with Gasteiger partial charge in [-0.2, -0.15) is 0 Å². The maximum absolute atomic E-state index is 2.35. The van der Waals surface area contributed by atoms with E-state index in [4.69, 9.17) is 0 Å². The van der Waals surface area contributed by atoms with E-state index in [1.807, 2.05) is 13.8 Å². The highest BCUT2D eigenvalue weighted by Crippen LogP contribution is 2.47. The van der Waals surface area contributed by atoms with Crippen molar-refractivity contribution in [3.8, 4) is 0 Å². The lowest BCUT2D eigenvalue weighted by Crippen LogP contribution is -1.84. The third kappa shape index (κ3) is 6.66. The van der Waals surface area contributed by atoms with Gasteiger partial charge in [0.1, 0.15) is 0 Å². The largest absolute Gasteiger partial charge is 0.0683 e.